The number of nitrogens with one attached hydrogen (secondary N) is 1. The Hall–Kier alpha value is -3.18. The van der Waals surface area contributed by atoms with Crippen LogP contribution in [-0.2, 0) is 0 Å². The lowest BCUT2D eigenvalue weighted by atomic mass is 10.1. The Balaban J connectivity index is 1.93. The molecule has 5 heteroatoms. The molecule has 0 aliphatic carbocycles. The molecule has 3 aromatic heterocycles. The summed E-state index contributed by atoms with van der Waals surface area (Å²) >= 11 is 1.55. The summed E-state index contributed by atoms with van der Waals surface area (Å²) in [4.78, 5) is 22.0. The van der Waals surface area contributed by atoms with Gasteiger partial charge in [0.15, 0.2) is 4.96 Å². The summed E-state index contributed by atoms with van der Waals surface area (Å²) in [6, 6.07) is 19.9. The first-order valence-corrected chi connectivity index (χ1v) is 8.86. The zero-order valence-corrected chi connectivity index (χ0v) is 13.8. The summed E-state index contributed by atoms with van der Waals surface area (Å²) in [6.07, 6.45) is 0. The Kier molecular flexibility index (Phi) is 2.35. The normalized spacial score (nSPS) is 12.2. The molecule has 0 saturated carbocycles. The van der Waals surface area contributed by atoms with E-state index in [1.54, 1.807) is 15.7 Å². The van der Waals surface area contributed by atoms with Gasteiger partial charge in [0.25, 0.3) is 5.56 Å². The first-order valence-electron chi connectivity index (χ1n) is 8.05. The summed E-state index contributed by atoms with van der Waals surface area (Å²) in [5, 5.41) is 2.94. The van der Waals surface area contributed by atoms with Crippen LogP contribution < -0.4 is 5.56 Å². The number of aromatic amines is 1. The molecule has 0 unspecified atom stereocenters. The maximum atomic E-state index is 13.0. The first kappa shape index (κ1) is 13.1. The summed E-state index contributed by atoms with van der Waals surface area (Å²) in [7, 11) is 0. The third kappa shape index (κ3) is 1.60. The molecular weight excluding hydrogens is 330 g/mol. The minimum absolute atomic E-state index is 0.00830. The average Bonchev–Trinajstić information content (AvgIpc) is 3.19. The number of H-pyrrole nitrogens is 1. The lowest BCUT2D eigenvalue weighted by molar-refractivity contribution is 1.20. The maximum absolute atomic E-state index is 13.0. The average molecular weight is 341 g/mol. The molecule has 4 nitrogen and oxygen atoms in total. The van der Waals surface area contributed by atoms with Crippen LogP contribution in [-0.4, -0.2) is 14.4 Å². The molecule has 6 aromatic rings. The number of imidazole rings is 1. The fourth-order valence-corrected chi connectivity index (χ4v) is 4.69. The molecule has 1 N–H and O–H groups in total. The minimum atomic E-state index is -0.00830. The number of hydrogen-bond acceptors (Lipinski definition) is 3. The second-order valence-electron chi connectivity index (χ2n) is 6.16. The Morgan fingerprint density at radius 2 is 1.68 bits per heavy atom. The van der Waals surface area contributed by atoms with E-state index in [9.17, 15) is 4.79 Å². The highest BCUT2D eigenvalue weighted by Gasteiger charge is 2.15. The van der Waals surface area contributed by atoms with E-state index >= 15 is 0 Å². The van der Waals surface area contributed by atoms with Gasteiger partial charge in [-0.3, -0.25) is 4.79 Å². The van der Waals surface area contributed by atoms with E-state index in [-0.39, 0.29) is 5.56 Å². The number of benzene rings is 3. The van der Waals surface area contributed by atoms with Crippen LogP contribution in [0.1, 0.15) is 0 Å². The monoisotopic (exact) mass is 341 g/mol. The van der Waals surface area contributed by atoms with Gasteiger partial charge in [0.1, 0.15) is 5.52 Å². The third-order valence-corrected chi connectivity index (χ3v) is 5.82. The van der Waals surface area contributed by atoms with Gasteiger partial charge in [0.05, 0.1) is 10.9 Å². The van der Waals surface area contributed by atoms with Crippen LogP contribution in [0.5, 0.6) is 0 Å². The van der Waals surface area contributed by atoms with Crippen molar-refractivity contribution in [1.29, 1.82) is 0 Å². The van der Waals surface area contributed by atoms with Gasteiger partial charge in [-0.05, 0) is 30.3 Å². The molecule has 6 rings (SSSR count). The van der Waals surface area contributed by atoms with Crippen molar-refractivity contribution in [3.05, 3.63) is 71.0 Å². The topological polar surface area (TPSA) is 50.2 Å². The van der Waals surface area contributed by atoms with Crippen molar-refractivity contribution >= 4 is 59.2 Å². The third-order valence-electron chi connectivity index (χ3n) is 4.78. The standard InChI is InChI=1S/C20H11N3OS/c24-19-12-6-2-4-8-16(12)25-20-22-18-15(23(19)20)10-9-14-17(18)11-5-1-3-7-13(11)21-14/h1-10,21H. The summed E-state index contributed by atoms with van der Waals surface area (Å²) in [5.74, 6) is 0. The van der Waals surface area contributed by atoms with Crippen LogP contribution in [0.4, 0.5) is 0 Å². The molecule has 0 fully saturated rings. The number of fused-ring (bicyclic) bond motifs is 8. The highest BCUT2D eigenvalue weighted by Crippen LogP contribution is 2.33. The highest BCUT2D eigenvalue weighted by molar-refractivity contribution is 7.23. The minimum Gasteiger partial charge on any atom is -0.354 e. The second-order valence-corrected chi connectivity index (χ2v) is 7.17. The molecule has 25 heavy (non-hydrogen) atoms. The SMILES string of the molecule is O=c1c2ccccc2sc2nc3c4c(ccc3n12)[nH]c1ccccc14. The highest BCUT2D eigenvalue weighted by atomic mass is 32.1. The predicted molar refractivity (Wildman–Crippen MR) is 104 cm³/mol. The largest absolute Gasteiger partial charge is 0.354 e. The van der Waals surface area contributed by atoms with Gasteiger partial charge in [-0.1, -0.05) is 41.7 Å². The number of hydrogen-bond donors (Lipinski definition) is 1. The van der Waals surface area contributed by atoms with Crippen molar-refractivity contribution in [2.24, 2.45) is 0 Å². The zero-order valence-electron chi connectivity index (χ0n) is 13.0. The molecule has 3 heterocycles. The molecule has 0 bridgehead atoms. The van der Waals surface area contributed by atoms with Crippen LogP contribution in [0.2, 0.25) is 0 Å². The fraction of sp³-hybridized carbons (Fsp3) is 0. The van der Waals surface area contributed by atoms with Crippen molar-refractivity contribution in [3.63, 3.8) is 0 Å². The summed E-state index contributed by atoms with van der Waals surface area (Å²) < 4.78 is 2.70. The number of para-hydroxylation sites is 1. The van der Waals surface area contributed by atoms with Crippen molar-refractivity contribution in [3.8, 4) is 0 Å². The molecule has 0 atom stereocenters. The van der Waals surface area contributed by atoms with Gasteiger partial charge in [0, 0.05) is 26.5 Å². The first-order chi connectivity index (χ1) is 12.3. The fourth-order valence-electron chi connectivity index (χ4n) is 3.67. The number of rotatable bonds is 0. The Morgan fingerprint density at radius 3 is 2.60 bits per heavy atom. The Labute approximate surface area is 145 Å². The van der Waals surface area contributed by atoms with E-state index in [0.717, 1.165) is 47.9 Å². The molecule has 0 saturated heterocycles. The van der Waals surface area contributed by atoms with Gasteiger partial charge >= 0.3 is 0 Å². The lowest BCUT2D eigenvalue weighted by Crippen LogP contribution is -2.11. The summed E-state index contributed by atoms with van der Waals surface area (Å²) in [5.41, 5.74) is 3.85. The van der Waals surface area contributed by atoms with E-state index < -0.39 is 0 Å². The van der Waals surface area contributed by atoms with E-state index in [4.69, 9.17) is 4.98 Å². The van der Waals surface area contributed by atoms with Crippen LogP contribution in [0.15, 0.2) is 65.5 Å². The molecule has 0 amide bonds. The summed E-state index contributed by atoms with van der Waals surface area (Å²) in [6.45, 7) is 0. The van der Waals surface area contributed by atoms with Gasteiger partial charge < -0.3 is 4.98 Å². The van der Waals surface area contributed by atoms with E-state index in [1.807, 2.05) is 48.5 Å². The predicted octanol–water partition coefficient (Wildman–Crippen LogP) is 4.70. The van der Waals surface area contributed by atoms with Crippen molar-refractivity contribution in [1.82, 2.24) is 14.4 Å². The molecule has 0 aliphatic rings. The van der Waals surface area contributed by atoms with Crippen LogP contribution in [0, 0.1) is 0 Å². The van der Waals surface area contributed by atoms with Crippen LogP contribution in [0.25, 0.3) is 47.9 Å². The Bertz CT molecular complexity index is 1520. The molecule has 0 aliphatic heterocycles. The van der Waals surface area contributed by atoms with Gasteiger partial charge in [-0.2, -0.15) is 0 Å². The maximum Gasteiger partial charge on any atom is 0.266 e. The van der Waals surface area contributed by atoms with Gasteiger partial charge in [-0.25, -0.2) is 9.38 Å². The number of aromatic nitrogens is 3. The lowest BCUT2D eigenvalue weighted by Gasteiger charge is -1.98. The van der Waals surface area contributed by atoms with E-state index in [1.165, 1.54) is 0 Å². The molecular formula is C20H11N3OS. The molecule has 0 radical (unpaired) electrons. The van der Waals surface area contributed by atoms with Crippen molar-refractivity contribution in [2.45, 2.75) is 0 Å². The Morgan fingerprint density at radius 1 is 0.880 bits per heavy atom. The quantitative estimate of drug-likeness (QED) is 0.435. The second kappa shape index (κ2) is 4.46. The van der Waals surface area contributed by atoms with Crippen molar-refractivity contribution < 1.29 is 0 Å². The van der Waals surface area contributed by atoms with Gasteiger partial charge in [-0.15, -0.1) is 0 Å². The molecule has 118 valence electrons. The zero-order chi connectivity index (χ0) is 16.5. The van der Waals surface area contributed by atoms with E-state index in [2.05, 4.69) is 17.1 Å². The van der Waals surface area contributed by atoms with Crippen LogP contribution >= 0.6 is 11.3 Å². The molecule has 3 aromatic carbocycles. The van der Waals surface area contributed by atoms with Gasteiger partial charge in [0.2, 0.25) is 0 Å². The van der Waals surface area contributed by atoms with Crippen molar-refractivity contribution in [2.75, 3.05) is 0 Å². The molecule has 0 spiro atoms. The number of nitrogens with zero attached hydrogens (tertiary/aromatic N) is 2. The smallest absolute Gasteiger partial charge is 0.266 e. The van der Waals surface area contributed by atoms with E-state index in [0.29, 0.717) is 0 Å². The van der Waals surface area contributed by atoms with Crippen LogP contribution in [0.3, 0.4) is 0 Å².